The molecule has 0 unspecified atom stereocenters. The van der Waals surface area contributed by atoms with E-state index in [1.54, 1.807) is 59.3 Å². The highest BCUT2D eigenvalue weighted by Gasteiger charge is 2.31. The van der Waals surface area contributed by atoms with Gasteiger partial charge in [0.15, 0.2) is 0 Å². The third-order valence-corrected chi connectivity index (χ3v) is 7.82. The second kappa shape index (κ2) is 9.77. The number of thioether (sulfide) groups is 1. The van der Waals surface area contributed by atoms with Crippen molar-refractivity contribution in [2.45, 2.75) is 18.4 Å². The number of hydrogen-bond acceptors (Lipinski definition) is 7. The lowest BCUT2D eigenvalue weighted by atomic mass is 9.98. The number of aromatic hydroxyl groups is 2. The van der Waals surface area contributed by atoms with Crippen molar-refractivity contribution >= 4 is 51.1 Å². The summed E-state index contributed by atoms with van der Waals surface area (Å²) in [5.74, 6) is -0.691. The molecule has 0 saturated carbocycles. The van der Waals surface area contributed by atoms with Gasteiger partial charge in [-0.25, -0.2) is 5.43 Å². The third kappa shape index (κ3) is 4.13. The molecule has 39 heavy (non-hydrogen) atoms. The Balaban J connectivity index is 1.58. The summed E-state index contributed by atoms with van der Waals surface area (Å²) in [6, 6.07) is 21.6. The van der Waals surface area contributed by atoms with E-state index in [0.29, 0.717) is 33.5 Å². The Morgan fingerprint density at radius 3 is 2.54 bits per heavy atom. The molecule has 8 nitrogen and oxygen atoms in total. The summed E-state index contributed by atoms with van der Waals surface area (Å²) < 4.78 is 1.54. The number of hydrazone groups is 1. The molecule has 0 saturated heterocycles. The molecule has 0 atom stereocenters. The quantitative estimate of drug-likeness (QED) is 0.315. The van der Waals surface area contributed by atoms with Crippen molar-refractivity contribution in [3.05, 3.63) is 111 Å². The van der Waals surface area contributed by atoms with E-state index in [0.717, 1.165) is 10.6 Å². The van der Waals surface area contributed by atoms with E-state index in [4.69, 9.17) is 0 Å². The summed E-state index contributed by atoms with van der Waals surface area (Å²) in [5.41, 5.74) is 4.49. The summed E-state index contributed by atoms with van der Waals surface area (Å²) in [6.07, 6.45) is 3.22. The van der Waals surface area contributed by atoms with Crippen molar-refractivity contribution in [2.75, 3.05) is 0 Å². The van der Waals surface area contributed by atoms with Gasteiger partial charge < -0.3 is 14.8 Å². The Morgan fingerprint density at radius 2 is 1.72 bits per heavy atom. The summed E-state index contributed by atoms with van der Waals surface area (Å²) >= 11 is 1.41. The number of para-hydroxylation sites is 3. The van der Waals surface area contributed by atoms with Crippen molar-refractivity contribution < 1.29 is 15.0 Å². The maximum atomic E-state index is 13.6. The van der Waals surface area contributed by atoms with E-state index in [-0.39, 0.29) is 28.3 Å². The van der Waals surface area contributed by atoms with E-state index in [1.807, 2.05) is 37.3 Å². The van der Waals surface area contributed by atoms with Crippen LogP contribution in [0.1, 0.15) is 18.1 Å². The van der Waals surface area contributed by atoms with Crippen molar-refractivity contribution in [3.8, 4) is 11.5 Å². The molecule has 192 valence electrons. The number of benzene rings is 3. The molecule has 3 aromatic carbocycles. The van der Waals surface area contributed by atoms with E-state index < -0.39 is 11.5 Å². The number of carbonyl (C=O) groups excluding carboxylic acids is 1. The number of aryl methyl sites for hydroxylation is 1. The normalized spacial score (nSPS) is 15.9. The average molecular weight is 535 g/mol. The fraction of sp³-hybridized carbons (Fsp3) is 0.0667. The number of allylic oxidation sites excluding steroid dienone is 2. The Hall–Kier alpha value is -4.89. The van der Waals surface area contributed by atoms with Gasteiger partial charge in [0.25, 0.3) is 11.5 Å². The Kier molecular flexibility index (Phi) is 6.12. The second-order valence-corrected chi connectivity index (χ2v) is 9.93. The average Bonchev–Trinajstić information content (AvgIpc) is 3.19. The minimum absolute atomic E-state index is 0.0414. The van der Waals surface area contributed by atoms with Gasteiger partial charge in [0.1, 0.15) is 22.8 Å². The van der Waals surface area contributed by atoms with Crippen LogP contribution in [0.15, 0.2) is 110 Å². The number of amides is 1. The molecule has 2 aliphatic rings. The fourth-order valence-electron chi connectivity index (χ4n) is 4.73. The van der Waals surface area contributed by atoms with Crippen LogP contribution in [0, 0.1) is 0 Å². The zero-order chi connectivity index (χ0) is 27.1. The number of aromatic nitrogens is 1. The van der Waals surface area contributed by atoms with Gasteiger partial charge in [-0.2, -0.15) is 5.10 Å². The predicted molar refractivity (Wildman–Crippen MR) is 154 cm³/mol. The first-order chi connectivity index (χ1) is 19.0. The van der Waals surface area contributed by atoms with E-state index in [9.17, 15) is 19.8 Å². The largest absolute Gasteiger partial charge is 0.507 e. The molecule has 2 aliphatic heterocycles. The molecule has 0 spiro atoms. The predicted octanol–water partition coefficient (Wildman–Crippen LogP) is 5.11. The van der Waals surface area contributed by atoms with Crippen LogP contribution in [0.3, 0.4) is 0 Å². The Morgan fingerprint density at radius 1 is 0.974 bits per heavy atom. The molecule has 0 radical (unpaired) electrons. The van der Waals surface area contributed by atoms with Crippen LogP contribution in [-0.4, -0.2) is 32.6 Å². The Bertz CT molecular complexity index is 1870. The van der Waals surface area contributed by atoms with E-state index >= 15 is 0 Å². The van der Waals surface area contributed by atoms with Crippen LogP contribution in [0.2, 0.25) is 0 Å². The van der Waals surface area contributed by atoms with Crippen LogP contribution in [-0.2, 0) is 11.3 Å². The first kappa shape index (κ1) is 24.4. The number of nitrogens with zero attached hydrogens (tertiary/aromatic N) is 3. The second-order valence-electron chi connectivity index (χ2n) is 8.88. The maximum Gasteiger partial charge on any atom is 0.273 e. The smallest absolute Gasteiger partial charge is 0.273 e. The first-order valence-corrected chi connectivity index (χ1v) is 13.1. The van der Waals surface area contributed by atoms with E-state index in [2.05, 4.69) is 15.5 Å². The standard InChI is InChI=1S/C30H22N4O4S/c1-2-34-22-12-6-3-9-18(22)27(36)25(30(34)38)26-20(29(37)33-32-26)15-17-16-31-21-11-5-8-14-24(21)39-28(17)19-10-4-7-13-23(19)35/h3-16,35-36H,2H2,1H3,(H,33,37)/b20-15-. The highest BCUT2D eigenvalue weighted by Crippen LogP contribution is 2.45. The van der Waals surface area contributed by atoms with Gasteiger partial charge in [-0.05, 0) is 43.3 Å². The number of carbonyl (C=O) groups is 1. The van der Waals surface area contributed by atoms with Gasteiger partial charge >= 0.3 is 0 Å². The summed E-state index contributed by atoms with van der Waals surface area (Å²) in [5, 5.41) is 26.6. The molecule has 3 heterocycles. The van der Waals surface area contributed by atoms with Gasteiger partial charge in [-0.1, -0.05) is 54.2 Å². The minimum atomic E-state index is -0.524. The first-order valence-electron chi connectivity index (χ1n) is 12.3. The fourth-order valence-corrected chi connectivity index (χ4v) is 5.83. The number of pyridine rings is 1. The van der Waals surface area contributed by atoms with Gasteiger partial charge in [-0.15, -0.1) is 0 Å². The van der Waals surface area contributed by atoms with Crippen molar-refractivity contribution in [3.63, 3.8) is 0 Å². The number of rotatable bonds is 4. The summed E-state index contributed by atoms with van der Waals surface area (Å²) in [4.78, 5) is 32.8. The van der Waals surface area contributed by atoms with Gasteiger partial charge in [0.2, 0.25) is 0 Å². The molecule has 1 amide bonds. The van der Waals surface area contributed by atoms with Gasteiger partial charge in [0.05, 0.1) is 16.8 Å². The summed E-state index contributed by atoms with van der Waals surface area (Å²) in [7, 11) is 0. The van der Waals surface area contributed by atoms with Crippen molar-refractivity contribution in [2.24, 2.45) is 10.1 Å². The number of hydrogen-bond donors (Lipinski definition) is 3. The SMILES string of the molecule is CCn1c(=O)c(C2=NNC(=O)/C2=C\C2=C(c3ccccc3O)Sc3ccccc3N=C2)c(O)c2ccccc21. The monoisotopic (exact) mass is 534 g/mol. The van der Waals surface area contributed by atoms with Crippen LogP contribution in [0.25, 0.3) is 15.8 Å². The molecule has 3 N–H and O–H groups in total. The van der Waals surface area contributed by atoms with Crippen molar-refractivity contribution in [1.29, 1.82) is 0 Å². The topological polar surface area (TPSA) is 116 Å². The number of nitrogens with one attached hydrogen (secondary N) is 1. The number of fused-ring (bicyclic) bond motifs is 2. The minimum Gasteiger partial charge on any atom is -0.507 e. The lowest BCUT2D eigenvalue weighted by molar-refractivity contribution is -0.116. The zero-order valence-electron chi connectivity index (χ0n) is 20.8. The molecule has 9 heteroatoms. The number of phenolic OH excluding ortho intramolecular Hbond substituents is 1. The van der Waals surface area contributed by atoms with Crippen LogP contribution >= 0.6 is 11.8 Å². The molecule has 0 fully saturated rings. The van der Waals surface area contributed by atoms with E-state index in [1.165, 1.54) is 11.8 Å². The molecule has 0 bridgehead atoms. The van der Waals surface area contributed by atoms with Crippen molar-refractivity contribution in [1.82, 2.24) is 9.99 Å². The third-order valence-electron chi connectivity index (χ3n) is 6.60. The lowest BCUT2D eigenvalue weighted by Gasteiger charge is -2.14. The van der Waals surface area contributed by atoms with Crippen LogP contribution in [0.5, 0.6) is 11.5 Å². The highest BCUT2D eigenvalue weighted by atomic mass is 32.2. The molecule has 6 rings (SSSR count). The van der Waals surface area contributed by atoms with Gasteiger partial charge in [0, 0.05) is 39.1 Å². The highest BCUT2D eigenvalue weighted by molar-refractivity contribution is 8.08. The molecule has 4 aromatic rings. The molecule has 0 aliphatic carbocycles. The molecular formula is C30H22N4O4S. The maximum absolute atomic E-state index is 13.6. The summed E-state index contributed by atoms with van der Waals surface area (Å²) in [6.45, 7) is 2.20. The van der Waals surface area contributed by atoms with Gasteiger partial charge in [-0.3, -0.25) is 14.6 Å². The lowest BCUT2D eigenvalue weighted by Crippen LogP contribution is -2.27. The molecular weight excluding hydrogens is 512 g/mol. The number of aliphatic imine (C=N–C) groups is 1. The molecule has 1 aromatic heterocycles. The van der Waals surface area contributed by atoms with Crippen LogP contribution < -0.4 is 11.0 Å². The Labute approximate surface area is 227 Å². The number of phenols is 1. The van der Waals surface area contributed by atoms with Crippen LogP contribution in [0.4, 0.5) is 5.69 Å². The zero-order valence-corrected chi connectivity index (χ0v) is 21.6.